The first-order valence-electron chi connectivity index (χ1n) is 9.92. The normalized spacial score (nSPS) is 11.2. The van der Waals surface area contributed by atoms with Crippen molar-refractivity contribution < 1.29 is 19.0 Å². The highest BCUT2D eigenvalue weighted by molar-refractivity contribution is 5.79. The zero-order chi connectivity index (χ0) is 20.6. The molecule has 7 heteroatoms. The summed E-state index contributed by atoms with van der Waals surface area (Å²) in [5.41, 5.74) is 2.23. The topological polar surface area (TPSA) is 81.2 Å². The Morgan fingerprint density at radius 2 is 1.96 bits per heavy atom. The highest BCUT2D eigenvalue weighted by Gasteiger charge is 2.06. The van der Waals surface area contributed by atoms with Crippen molar-refractivity contribution in [3.8, 4) is 5.75 Å². The number of nitrogens with zero attached hydrogens (tertiary/aromatic N) is 1. The fourth-order valence-corrected chi connectivity index (χ4v) is 2.58. The van der Waals surface area contributed by atoms with Crippen molar-refractivity contribution in [1.82, 2.24) is 10.6 Å². The van der Waals surface area contributed by atoms with Gasteiger partial charge in [0.15, 0.2) is 5.96 Å². The van der Waals surface area contributed by atoms with Crippen LogP contribution in [0.25, 0.3) is 0 Å². The molecule has 2 N–H and O–H groups in total. The highest BCUT2D eigenvalue weighted by Crippen LogP contribution is 2.20. The Bertz CT molecular complexity index is 605. The predicted molar refractivity (Wildman–Crippen MR) is 112 cm³/mol. The average Bonchev–Trinajstić information content (AvgIpc) is 2.70. The summed E-state index contributed by atoms with van der Waals surface area (Å²) in [4.78, 5) is 15.3. The molecule has 0 heterocycles. The second-order valence-corrected chi connectivity index (χ2v) is 6.40. The minimum Gasteiger partial charge on any atom is -0.491 e. The van der Waals surface area contributed by atoms with Gasteiger partial charge in [0.2, 0.25) is 0 Å². The van der Waals surface area contributed by atoms with Crippen molar-refractivity contribution in [1.29, 1.82) is 0 Å². The number of ether oxygens (including phenoxy) is 3. The van der Waals surface area contributed by atoms with Crippen molar-refractivity contribution >= 4 is 11.9 Å². The minimum absolute atomic E-state index is 0.150. The van der Waals surface area contributed by atoms with Gasteiger partial charge in [0, 0.05) is 38.7 Å². The zero-order valence-corrected chi connectivity index (χ0v) is 17.7. The number of hydrogen-bond acceptors (Lipinski definition) is 5. The van der Waals surface area contributed by atoms with E-state index in [9.17, 15) is 4.79 Å². The molecular weight excluding hydrogens is 358 g/mol. The van der Waals surface area contributed by atoms with E-state index in [0.717, 1.165) is 48.6 Å². The van der Waals surface area contributed by atoms with Gasteiger partial charge in [-0.1, -0.05) is 18.6 Å². The highest BCUT2D eigenvalue weighted by atomic mass is 16.5. The van der Waals surface area contributed by atoms with Crippen molar-refractivity contribution in [3.63, 3.8) is 0 Å². The van der Waals surface area contributed by atoms with E-state index in [0.29, 0.717) is 32.8 Å². The molecule has 158 valence electrons. The number of benzene rings is 1. The summed E-state index contributed by atoms with van der Waals surface area (Å²) in [6, 6.07) is 6.18. The molecule has 1 rings (SSSR count). The molecular formula is C21H35N3O4. The largest absolute Gasteiger partial charge is 0.491 e. The lowest BCUT2D eigenvalue weighted by Gasteiger charge is -2.15. The van der Waals surface area contributed by atoms with Crippen LogP contribution in [0.4, 0.5) is 0 Å². The molecule has 7 nitrogen and oxygen atoms in total. The first-order chi connectivity index (χ1) is 13.6. The van der Waals surface area contributed by atoms with Gasteiger partial charge in [-0.25, -0.2) is 0 Å². The van der Waals surface area contributed by atoms with Gasteiger partial charge >= 0.3 is 5.97 Å². The Morgan fingerprint density at radius 1 is 1.14 bits per heavy atom. The van der Waals surface area contributed by atoms with Crippen LogP contribution in [0.3, 0.4) is 0 Å². The van der Waals surface area contributed by atoms with Gasteiger partial charge in [0.1, 0.15) is 12.4 Å². The summed E-state index contributed by atoms with van der Waals surface area (Å²) >= 11 is 0. The summed E-state index contributed by atoms with van der Waals surface area (Å²) in [5, 5.41) is 6.61. The molecule has 1 aromatic carbocycles. The van der Waals surface area contributed by atoms with Crippen LogP contribution in [0.5, 0.6) is 5.75 Å². The van der Waals surface area contributed by atoms with Crippen LogP contribution in [0.1, 0.15) is 43.7 Å². The molecule has 0 atom stereocenters. The molecule has 0 saturated heterocycles. The third-order valence-electron chi connectivity index (χ3n) is 4.16. The number of esters is 1. The van der Waals surface area contributed by atoms with E-state index in [-0.39, 0.29) is 5.97 Å². The molecule has 0 aliphatic heterocycles. The number of nitrogens with one attached hydrogen (secondary N) is 2. The van der Waals surface area contributed by atoms with Crippen LogP contribution in [0.2, 0.25) is 0 Å². The maximum Gasteiger partial charge on any atom is 0.305 e. The molecule has 0 radical (unpaired) electrons. The molecule has 0 aromatic heterocycles. The number of carbonyl (C=O) groups excluding carboxylic acids is 1. The molecule has 0 saturated carbocycles. The Balaban J connectivity index is 2.38. The van der Waals surface area contributed by atoms with Crippen LogP contribution in [0, 0.1) is 6.92 Å². The van der Waals surface area contributed by atoms with E-state index in [1.54, 1.807) is 7.05 Å². The standard InChI is InChI=1S/C21H35N3O4/c1-5-27-13-14-28-19-15-17(2)10-11-18(19)16-24-21(22-3)23-12-8-6-7-9-20(25)26-4/h10-11,15H,5-9,12-14,16H2,1-4H3,(H2,22,23,24). The number of rotatable bonds is 13. The average molecular weight is 394 g/mol. The second-order valence-electron chi connectivity index (χ2n) is 6.40. The fraction of sp³-hybridized carbons (Fsp3) is 0.619. The van der Waals surface area contributed by atoms with Gasteiger partial charge in [0.05, 0.1) is 13.7 Å². The van der Waals surface area contributed by atoms with Crippen molar-refractivity contribution in [3.05, 3.63) is 29.3 Å². The van der Waals surface area contributed by atoms with E-state index < -0.39 is 0 Å². The number of carbonyl (C=O) groups is 1. The first kappa shape index (κ1) is 23.8. The van der Waals surface area contributed by atoms with E-state index >= 15 is 0 Å². The van der Waals surface area contributed by atoms with E-state index in [1.165, 1.54) is 7.11 Å². The van der Waals surface area contributed by atoms with E-state index in [1.807, 2.05) is 19.9 Å². The number of methoxy groups -OCH3 is 1. The summed E-state index contributed by atoms with van der Waals surface area (Å²) < 4.78 is 15.9. The maximum atomic E-state index is 11.1. The molecule has 0 unspecified atom stereocenters. The van der Waals surface area contributed by atoms with Gasteiger partial charge in [-0.05, 0) is 38.3 Å². The molecule has 0 amide bonds. The summed E-state index contributed by atoms with van der Waals surface area (Å²) in [6.07, 6.45) is 3.25. The molecule has 0 aliphatic rings. The Kier molecular flexibility index (Phi) is 12.5. The zero-order valence-electron chi connectivity index (χ0n) is 17.7. The quantitative estimate of drug-likeness (QED) is 0.232. The van der Waals surface area contributed by atoms with Crippen molar-refractivity contribution in [2.45, 2.75) is 46.1 Å². The SMILES string of the molecule is CCOCCOc1cc(C)ccc1CNC(=NC)NCCCCCC(=O)OC. The molecule has 28 heavy (non-hydrogen) atoms. The number of aryl methyl sites for hydroxylation is 1. The molecule has 0 spiro atoms. The summed E-state index contributed by atoms with van der Waals surface area (Å²) in [7, 11) is 3.17. The van der Waals surface area contributed by atoms with E-state index in [4.69, 9.17) is 9.47 Å². The van der Waals surface area contributed by atoms with Gasteiger partial charge in [-0.2, -0.15) is 0 Å². The van der Waals surface area contributed by atoms with Gasteiger partial charge in [0.25, 0.3) is 0 Å². The van der Waals surface area contributed by atoms with Crippen molar-refractivity contribution in [2.24, 2.45) is 4.99 Å². The van der Waals surface area contributed by atoms with Crippen LogP contribution in [-0.4, -0.2) is 52.5 Å². The third kappa shape index (κ3) is 10.2. The number of guanidine groups is 1. The summed E-state index contributed by atoms with van der Waals surface area (Å²) in [5.74, 6) is 1.46. The first-order valence-corrected chi connectivity index (χ1v) is 9.92. The smallest absolute Gasteiger partial charge is 0.305 e. The van der Waals surface area contributed by atoms with Gasteiger partial charge < -0.3 is 24.8 Å². The predicted octanol–water partition coefficient (Wildman–Crippen LogP) is 2.81. The Labute approximate surface area is 168 Å². The second kappa shape index (κ2) is 14.7. The number of hydrogen-bond donors (Lipinski definition) is 2. The van der Waals surface area contributed by atoms with Crippen LogP contribution in [-0.2, 0) is 20.8 Å². The minimum atomic E-state index is -0.150. The monoisotopic (exact) mass is 393 g/mol. The van der Waals surface area contributed by atoms with Crippen LogP contribution < -0.4 is 15.4 Å². The van der Waals surface area contributed by atoms with Crippen LogP contribution >= 0.6 is 0 Å². The molecule has 1 aromatic rings. The molecule has 0 bridgehead atoms. The van der Waals surface area contributed by atoms with E-state index in [2.05, 4.69) is 32.5 Å². The maximum absolute atomic E-state index is 11.1. The lowest BCUT2D eigenvalue weighted by molar-refractivity contribution is -0.140. The molecule has 0 fully saturated rings. The lowest BCUT2D eigenvalue weighted by atomic mass is 10.1. The number of unbranched alkanes of at least 4 members (excludes halogenated alkanes) is 2. The molecule has 0 aliphatic carbocycles. The Hall–Kier alpha value is -2.28. The lowest BCUT2D eigenvalue weighted by Crippen LogP contribution is -2.37. The third-order valence-corrected chi connectivity index (χ3v) is 4.16. The summed E-state index contributed by atoms with van der Waals surface area (Å²) in [6.45, 7) is 7.24. The van der Waals surface area contributed by atoms with Crippen LogP contribution in [0.15, 0.2) is 23.2 Å². The van der Waals surface area contributed by atoms with Gasteiger partial charge in [-0.3, -0.25) is 9.79 Å². The number of aliphatic imine (C=N–C) groups is 1. The Morgan fingerprint density at radius 3 is 2.68 bits per heavy atom. The fourth-order valence-electron chi connectivity index (χ4n) is 2.58. The van der Waals surface area contributed by atoms with Crippen molar-refractivity contribution in [2.75, 3.05) is 40.5 Å². The van der Waals surface area contributed by atoms with Gasteiger partial charge in [-0.15, -0.1) is 0 Å².